The van der Waals surface area contributed by atoms with Crippen LogP contribution < -0.4 is 19.7 Å². The van der Waals surface area contributed by atoms with Gasteiger partial charge in [0.2, 0.25) is 5.91 Å². The van der Waals surface area contributed by atoms with Crippen LogP contribution in [0, 0.1) is 0 Å². The third-order valence-corrected chi connectivity index (χ3v) is 3.96. The summed E-state index contributed by atoms with van der Waals surface area (Å²) in [5.41, 5.74) is 0.962. The Kier molecular flexibility index (Phi) is 6.80. The van der Waals surface area contributed by atoms with Crippen molar-refractivity contribution in [1.29, 1.82) is 0 Å². The van der Waals surface area contributed by atoms with Crippen LogP contribution in [0.25, 0.3) is 0 Å². The number of benzene rings is 1. The molecule has 1 aromatic heterocycles. The van der Waals surface area contributed by atoms with Crippen LogP contribution in [0.4, 0.5) is 5.69 Å². The molecule has 0 bridgehead atoms. The highest BCUT2D eigenvalue weighted by Crippen LogP contribution is 2.38. The van der Waals surface area contributed by atoms with E-state index < -0.39 is 0 Å². The molecule has 2 aromatic rings. The molecule has 0 saturated carbocycles. The van der Waals surface area contributed by atoms with Gasteiger partial charge in [0.1, 0.15) is 11.5 Å². The molecule has 0 unspecified atom stereocenters. The highest BCUT2D eigenvalue weighted by atomic mass is 35.5. The molecule has 0 spiro atoms. The van der Waals surface area contributed by atoms with E-state index in [1.165, 1.54) is 32.2 Å². The van der Waals surface area contributed by atoms with Gasteiger partial charge in [-0.05, 0) is 12.1 Å². The number of amides is 2. The number of carbonyl (C=O) groups is 2. The molecule has 1 heterocycles. The van der Waals surface area contributed by atoms with E-state index in [4.69, 9.17) is 21.1 Å². The number of methoxy groups -OCH3 is 2. The zero-order valence-corrected chi connectivity index (χ0v) is 15.5. The summed E-state index contributed by atoms with van der Waals surface area (Å²) in [7, 11) is 2.98. The molecule has 0 atom stereocenters. The van der Waals surface area contributed by atoms with Crippen molar-refractivity contribution in [3.05, 3.63) is 47.2 Å². The number of hydrogen-bond acceptors (Lipinski definition) is 5. The standard InChI is InChI=1S/C18H20ClN3O4/c1-12(23)22(8-7-21-18(24)13-5-4-6-20-11-13)15-10-16(25-2)14(19)9-17(15)26-3/h4-6,9-11H,7-8H2,1-3H3,(H,21,24). The van der Waals surface area contributed by atoms with Crippen molar-refractivity contribution in [2.45, 2.75) is 6.92 Å². The van der Waals surface area contributed by atoms with Gasteiger partial charge in [-0.25, -0.2) is 0 Å². The van der Waals surface area contributed by atoms with Gasteiger partial charge in [0.25, 0.3) is 5.91 Å². The topological polar surface area (TPSA) is 80.8 Å². The van der Waals surface area contributed by atoms with Gasteiger partial charge in [0.05, 0.1) is 30.5 Å². The quantitative estimate of drug-likeness (QED) is 0.802. The molecule has 138 valence electrons. The van der Waals surface area contributed by atoms with Crippen molar-refractivity contribution >= 4 is 29.1 Å². The third kappa shape index (κ3) is 4.64. The molecule has 0 aliphatic heterocycles. The SMILES string of the molecule is COc1cc(N(CCNC(=O)c2cccnc2)C(C)=O)c(OC)cc1Cl. The number of aromatic nitrogens is 1. The molecular formula is C18H20ClN3O4. The second-order valence-electron chi connectivity index (χ2n) is 5.33. The van der Waals surface area contributed by atoms with E-state index in [0.717, 1.165) is 0 Å². The lowest BCUT2D eigenvalue weighted by Crippen LogP contribution is -2.37. The van der Waals surface area contributed by atoms with Gasteiger partial charge < -0.3 is 19.7 Å². The smallest absolute Gasteiger partial charge is 0.252 e. The van der Waals surface area contributed by atoms with Crippen LogP contribution in [-0.4, -0.2) is 44.1 Å². The summed E-state index contributed by atoms with van der Waals surface area (Å²) < 4.78 is 10.5. The van der Waals surface area contributed by atoms with Crippen molar-refractivity contribution in [2.75, 3.05) is 32.2 Å². The second-order valence-corrected chi connectivity index (χ2v) is 5.73. The summed E-state index contributed by atoms with van der Waals surface area (Å²) in [6, 6.07) is 6.56. The van der Waals surface area contributed by atoms with Crippen LogP contribution in [0.2, 0.25) is 5.02 Å². The molecule has 0 fully saturated rings. The van der Waals surface area contributed by atoms with E-state index in [0.29, 0.717) is 27.8 Å². The number of pyridine rings is 1. The molecule has 0 aliphatic rings. The fraction of sp³-hybridized carbons (Fsp3) is 0.278. The predicted octanol–water partition coefficient (Wildman–Crippen LogP) is 2.54. The van der Waals surface area contributed by atoms with Crippen molar-refractivity contribution in [3.63, 3.8) is 0 Å². The van der Waals surface area contributed by atoms with Gasteiger partial charge in [-0.3, -0.25) is 14.6 Å². The lowest BCUT2D eigenvalue weighted by Gasteiger charge is -2.24. The highest BCUT2D eigenvalue weighted by Gasteiger charge is 2.19. The molecular weight excluding hydrogens is 358 g/mol. The molecule has 26 heavy (non-hydrogen) atoms. The number of ether oxygens (including phenoxy) is 2. The fourth-order valence-electron chi connectivity index (χ4n) is 2.38. The van der Waals surface area contributed by atoms with E-state index in [1.807, 2.05) is 0 Å². The summed E-state index contributed by atoms with van der Waals surface area (Å²) in [4.78, 5) is 29.6. The predicted molar refractivity (Wildman–Crippen MR) is 99.2 cm³/mol. The maximum atomic E-state index is 12.1. The molecule has 2 rings (SSSR count). The summed E-state index contributed by atoms with van der Waals surface area (Å²) in [6.07, 6.45) is 3.07. The van der Waals surface area contributed by atoms with Crippen molar-refractivity contribution in [3.8, 4) is 11.5 Å². The average molecular weight is 378 g/mol. The zero-order chi connectivity index (χ0) is 19.1. The lowest BCUT2D eigenvalue weighted by atomic mass is 10.2. The maximum Gasteiger partial charge on any atom is 0.252 e. The molecule has 8 heteroatoms. The molecule has 0 aliphatic carbocycles. The van der Waals surface area contributed by atoms with Gasteiger partial charge in [-0.2, -0.15) is 0 Å². The minimum atomic E-state index is -0.262. The average Bonchev–Trinajstić information content (AvgIpc) is 2.65. The lowest BCUT2D eigenvalue weighted by molar-refractivity contribution is -0.116. The van der Waals surface area contributed by atoms with Crippen LogP contribution in [0.15, 0.2) is 36.7 Å². The van der Waals surface area contributed by atoms with Gasteiger partial charge >= 0.3 is 0 Å². The van der Waals surface area contributed by atoms with E-state index >= 15 is 0 Å². The summed E-state index contributed by atoms with van der Waals surface area (Å²) in [6.45, 7) is 1.94. The van der Waals surface area contributed by atoms with Gasteiger partial charge in [0, 0.05) is 44.5 Å². The van der Waals surface area contributed by atoms with E-state index in [9.17, 15) is 9.59 Å². The Morgan fingerprint density at radius 1 is 1.23 bits per heavy atom. The second kappa shape index (κ2) is 9.05. The number of anilines is 1. The molecule has 1 aromatic carbocycles. The monoisotopic (exact) mass is 377 g/mol. The fourth-order valence-corrected chi connectivity index (χ4v) is 2.61. The van der Waals surface area contributed by atoms with Gasteiger partial charge in [-0.1, -0.05) is 11.6 Å². The Morgan fingerprint density at radius 3 is 2.54 bits per heavy atom. The molecule has 1 N–H and O–H groups in total. The van der Waals surface area contributed by atoms with E-state index in [2.05, 4.69) is 10.3 Å². The van der Waals surface area contributed by atoms with Crippen LogP contribution in [0.5, 0.6) is 11.5 Å². The van der Waals surface area contributed by atoms with Crippen LogP contribution in [0.3, 0.4) is 0 Å². The zero-order valence-electron chi connectivity index (χ0n) is 14.8. The number of hydrogen-bond donors (Lipinski definition) is 1. The first-order valence-corrected chi connectivity index (χ1v) is 8.23. The van der Waals surface area contributed by atoms with E-state index in [-0.39, 0.29) is 24.9 Å². The minimum Gasteiger partial charge on any atom is -0.495 e. The molecule has 7 nitrogen and oxygen atoms in total. The van der Waals surface area contributed by atoms with Crippen molar-refractivity contribution in [2.24, 2.45) is 0 Å². The van der Waals surface area contributed by atoms with Crippen LogP contribution >= 0.6 is 11.6 Å². The molecule has 0 saturated heterocycles. The Labute approximate surface area is 156 Å². The van der Waals surface area contributed by atoms with Crippen LogP contribution in [-0.2, 0) is 4.79 Å². The first kappa shape index (κ1) is 19.5. The summed E-state index contributed by atoms with van der Waals surface area (Å²) >= 11 is 6.11. The van der Waals surface area contributed by atoms with Gasteiger partial charge in [0.15, 0.2) is 0 Å². The first-order chi connectivity index (χ1) is 12.5. The Balaban J connectivity index is 2.14. The van der Waals surface area contributed by atoms with Crippen LogP contribution in [0.1, 0.15) is 17.3 Å². The van der Waals surface area contributed by atoms with Gasteiger partial charge in [-0.15, -0.1) is 0 Å². The normalized spacial score (nSPS) is 10.2. The number of rotatable bonds is 7. The summed E-state index contributed by atoms with van der Waals surface area (Å²) in [5.74, 6) is 0.392. The maximum absolute atomic E-state index is 12.1. The Hall–Kier alpha value is -2.80. The largest absolute Gasteiger partial charge is 0.495 e. The van der Waals surface area contributed by atoms with E-state index in [1.54, 1.807) is 30.5 Å². The number of nitrogens with zero attached hydrogens (tertiary/aromatic N) is 2. The number of carbonyl (C=O) groups excluding carboxylic acids is 2. The highest BCUT2D eigenvalue weighted by molar-refractivity contribution is 6.32. The molecule has 2 amide bonds. The Morgan fingerprint density at radius 2 is 1.96 bits per heavy atom. The third-order valence-electron chi connectivity index (χ3n) is 3.67. The van der Waals surface area contributed by atoms with Crippen molar-refractivity contribution in [1.82, 2.24) is 10.3 Å². The first-order valence-electron chi connectivity index (χ1n) is 7.85. The minimum absolute atomic E-state index is 0.205. The number of nitrogens with one attached hydrogen (secondary N) is 1. The summed E-state index contributed by atoms with van der Waals surface area (Å²) in [5, 5.41) is 3.14. The molecule has 0 radical (unpaired) electrons. The van der Waals surface area contributed by atoms with Crippen molar-refractivity contribution < 1.29 is 19.1 Å². The number of halogens is 1. The Bertz CT molecular complexity index is 784.